The van der Waals surface area contributed by atoms with E-state index in [-0.39, 0.29) is 6.04 Å². The molecule has 1 heterocycles. The molecular formula is C18H29N3. The van der Waals surface area contributed by atoms with Crippen molar-refractivity contribution in [1.82, 2.24) is 9.55 Å². The summed E-state index contributed by atoms with van der Waals surface area (Å²) in [4.78, 5) is 4.84. The molecule has 1 aromatic carbocycles. The van der Waals surface area contributed by atoms with Crippen molar-refractivity contribution in [3.05, 3.63) is 29.6 Å². The summed E-state index contributed by atoms with van der Waals surface area (Å²) in [7, 11) is 0. The fraction of sp³-hybridized carbons (Fsp3) is 0.611. The Morgan fingerprint density at radius 3 is 2.48 bits per heavy atom. The third-order valence-corrected chi connectivity index (χ3v) is 3.92. The molecule has 21 heavy (non-hydrogen) atoms. The van der Waals surface area contributed by atoms with Crippen LogP contribution in [0.25, 0.3) is 11.0 Å². The molecule has 2 aromatic rings. The molecule has 0 amide bonds. The number of nitrogens with zero attached hydrogens (tertiary/aromatic N) is 2. The standard InChI is InChI=1S/C18H29N3/c1-12(2)8-9-21-17-7-6-14(5)11-16(17)20-18(21)15(19)10-13(3)4/h6-7,11-13,15H,8-10,19H2,1-5H3. The molecule has 0 aliphatic heterocycles. The number of fused-ring (bicyclic) bond motifs is 1. The van der Waals surface area contributed by atoms with Gasteiger partial charge in [-0.25, -0.2) is 4.98 Å². The topological polar surface area (TPSA) is 43.8 Å². The number of benzene rings is 1. The number of imidazole rings is 1. The SMILES string of the molecule is Cc1ccc2c(c1)nc(C(N)CC(C)C)n2CCC(C)C. The van der Waals surface area contributed by atoms with Gasteiger partial charge in [-0.1, -0.05) is 33.8 Å². The van der Waals surface area contributed by atoms with E-state index in [0.29, 0.717) is 11.8 Å². The summed E-state index contributed by atoms with van der Waals surface area (Å²) in [6, 6.07) is 6.52. The second-order valence-electron chi connectivity index (χ2n) is 7.03. The highest BCUT2D eigenvalue weighted by Gasteiger charge is 2.18. The zero-order valence-electron chi connectivity index (χ0n) is 14.1. The third-order valence-electron chi connectivity index (χ3n) is 3.92. The molecule has 0 fully saturated rings. The summed E-state index contributed by atoms with van der Waals surface area (Å²) in [5.41, 5.74) is 9.97. The van der Waals surface area contributed by atoms with Gasteiger partial charge in [-0.3, -0.25) is 0 Å². The van der Waals surface area contributed by atoms with Crippen LogP contribution in [0.3, 0.4) is 0 Å². The fourth-order valence-corrected chi connectivity index (χ4v) is 2.78. The molecule has 116 valence electrons. The largest absolute Gasteiger partial charge is 0.327 e. The Morgan fingerprint density at radius 2 is 1.86 bits per heavy atom. The number of nitrogens with two attached hydrogens (primary N) is 1. The van der Waals surface area contributed by atoms with Crippen LogP contribution in [0.4, 0.5) is 0 Å². The Balaban J connectivity index is 2.43. The molecule has 0 aliphatic rings. The van der Waals surface area contributed by atoms with Gasteiger partial charge in [-0.2, -0.15) is 0 Å². The van der Waals surface area contributed by atoms with Crippen LogP contribution < -0.4 is 5.73 Å². The van der Waals surface area contributed by atoms with Crippen molar-refractivity contribution in [3.63, 3.8) is 0 Å². The molecule has 0 spiro atoms. The number of aryl methyl sites for hydroxylation is 2. The maximum Gasteiger partial charge on any atom is 0.126 e. The van der Waals surface area contributed by atoms with Crippen molar-refractivity contribution >= 4 is 11.0 Å². The summed E-state index contributed by atoms with van der Waals surface area (Å²) in [5, 5.41) is 0. The molecule has 1 atom stereocenters. The molecule has 0 radical (unpaired) electrons. The first kappa shape index (κ1) is 16.0. The van der Waals surface area contributed by atoms with Crippen LogP contribution in [0.15, 0.2) is 18.2 Å². The third kappa shape index (κ3) is 3.85. The van der Waals surface area contributed by atoms with Crippen molar-refractivity contribution in [2.45, 2.75) is 60.0 Å². The summed E-state index contributed by atoms with van der Waals surface area (Å²) >= 11 is 0. The molecule has 0 bridgehead atoms. The van der Waals surface area contributed by atoms with Crippen LogP contribution in [0.2, 0.25) is 0 Å². The van der Waals surface area contributed by atoms with E-state index in [4.69, 9.17) is 10.7 Å². The minimum absolute atomic E-state index is 0.0184. The van der Waals surface area contributed by atoms with Gasteiger partial charge in [0.25, 0.3) is 0 Å². The molecule has 1 unspecified atom stereocenters. The minimum Gasteiger partial charge on any atom is -0.327 e. The van der Waals surface area contributed by atoms with Crippen LogP contribution in [-0.4, -0.2) is 9.55 Å². The molecule has 0 saturated carbocycles. The zero-order chi connectivity index (χ0) is 15.6. The van der Waals surface area contributed by atoms with Gasteiger partial charge in [0.05, 0.1) is 17.1 Å². The molecule has 1 aromatic heterocycles. The van der Waals surface area contributed by atoms with Gasteiger partial charge in [-0.15, -0.1) is 0 Å². The number of aromatic nitrogens is 2. The predicted octanol–water partition coefficient (Wildman–Crippen LogP) is 4.44. The average molecular weight is 287 g/mol. The summed E-state index contributed by atoms with van der Waals surface area (Å²) < 4.78 is 2.34. The first-order valence-corrected chi connectivity index (χ1v) is 8.10. The Labute approximate surface area is 128 Å². The van der Waals surface area contributed by atoms with E-state index in [9.17, 15) is 0 Å². The molecular weight excluding hydrogens is 258 g/mol. The van der Waals surface area contributed by atoms with E-state index < -0.39 is 0 Å². The molecule has 0 saturated heterocycles. The van der Waals surface area contributed by atoms with Crippen molar-refractivity contribution in [2.75, 3.05) is 0 Å². The van der Waals surface area contributed by atoms with Crippen LogP contribution in [0.5, 0.6) is 0 Å². The second kappa shape index (κ2) is 6.61. The van der Waals surface area contributed by atoms with Crippen molar-refractivity contribution in [1.29, 1.82) is 0 Å². The Kier molecular flexibility index (Phi) is 5.04. The highest BCUT2D eigenvalue weighted by molar-refractivity contribution is 5.77. The van der Waals surface area contributed by atoms with Crippen LogP contribution in [-0.2, 0) is 6.54 Å². The molecule has 3 heteroatoms. The summed E-state index contributed by atoms with van der Waals surface area (Å²) in [6.45, 7) is 12.1. The normalized spacial score (nSPS) is 13.5. The van der Waals surface area contributed by atoms with E-state index in [1.54, 1.807) is 0 Å². The Morgan fingerprint density at radius 1 is 1.14 bits per heavy atom. The van der Waals surface area contributed by atoms with Gasteiger partial charge in [-0.05, 0) is 49.3 Å². The van der Waals surface area contributed by atoms with E-state index >= 15 is 0 Å². The van der Waals surface area contributed by atoms with Crippen LogP contribution >= 0.6 is 0 Å². The van der Waals surface area contributed by atoms with E-state index in [0.717, 1.165) is 30.7 Å². The minimum atomic E-state index is 0.0184. The Bertz CT molecular complexity index is 596. The molecule has 3 nitrogen and oxygen atoms in total. The van der Waals surface area contributed by atoms with Crippen molar-refractivity contribution in [2.24, 2.45) is 17.6 Å². The van der Waals surface area contributed by atoms with Gasteiger partial charge in [0.2, 0.25) is 0 Å². The molecule has 2 rings (SSSR count). The summed E-state index contributed by atoms with van der Waals surface area (Å²) in [6.07, 6.45) is 2.13. The van der Waals surface area contributed by atoms with E-state index in [1.807, 2.05) is 0 Å². The lowest BCUT2D eigenvalue weighted by Crippen LogP contribution is -2.19. The maximum absolute atomic E-state index is 6.42. The smallest absolute Gasteiger partial charge is 0.126 e. The lowest BCUT2D eigenvalue weighted by atomic mass is 10.0. The number of rotatable bonds is 6. The molecule has 0 aliphatic carbocycles. The van der Waals surface area contributed by atoms with Crippen LogP contribution in [0, 0.1) is 18.8 Å². The monoisotopic (exact) mass is 287 g/mol. The van der Waals surface area contributed by atoms with Gasteiger partial charge in [0.15, 0.2) is 0 Å². The Hall–Kier alpha value is -1.35. The number of hydrogen-bond acceptors (Lipinski definition) is 2. The average Bonchev–Trinajstić information content (AvgIpc) is 2.73. The fourth-order valence-electron chi connectivity index (χ4n) is 2.78. The van der Waals surface area contributed by atoms with Crippen molar-refractivity contribution < 1.29 is 0 Å². The molecule has 2 N–H and O–H groups in total. The van der Waals surface area contributed by atoms with Gasteiger partial charge in [0.1, 0.15) is 5.82 Å². The zero-order valence-corrected chi connectivity index (χ0v) is 14.1. The van der Waals surface area contributed by atoms with Gasteiger partial charge < -0.3 is 10.3 Å². The predicted molar refractivity (Wildman–Crippen MR) is 90.3 cm³/mol. The number of hydrogen-bond donors (Lipinski definition) is 1. The quantitative estimate of drug-likeness (QED) is 0.853. The van der Waals surface area contributed by atoms with Gasteiger partial charge in [0, 0.05) is 6.54 Å². The lowest BCUT2D eigenvalue weighted by Gasteiger charge is -2.17. The van der Waals surface area contributed by atoms with Gasteiger partial charge >= 0.3 is 0 Å². The van der Waals surface area contributed by atoms with E-state index in [1.165, 1.54) is 11.1 Å². The van der Waals surface area contributed by atoms with Crippen LogP contribution in [0.1, 0.15) is 58.0 Å². The first-order valence-electron chi connectivity index (χ1n) is 8.10. The highest BCUT2D eigenvalue weighted by Crippen LogP contribution is 2.25. The highest BCUT2D eigenvalue weighted by atomic mass is 15.1. The van der Waals surface area contributed by atoms with E-state index in [2.05, 4.69) is 57.4 Å². The first-order chi connectivity index (χ1) is 9.88. The lowest BCUT2D eigenvalue weighted by molar-refractivity contribution is 0.457. The second-order valence-corrected chi connectivity index (χ2v) is 7.03. The maximum atomic E-state index is 6.42. The van der Waals surface area contributed by atoms with Crippen molar-refractivity contribution in [3.8, 4) is 0 Å². The summed E-state index contributed by atoms with van der Waals surface area (Å²) in [5.74, 6) is 2.31.